The molecule has 0 saturated carbocycles. The van der Waals surface area contributed by atoms with Gasteiger partial charge in [-0.05, 0) is 30.7 Å². The van der Waals surface area contributed by atoms with Crippen LogP contribution in [0.2, 0.25) is 5.82 Å². The molecule has 9 heteroatoms. The molecule has 0 aliphatic heterocycles. The highest BCUT2D eigenvalue weighted by Gasteiger charge is 2.26. The lowest BCUT2D eigenvalue weighted by Gasteiger charge is -2.08. The number of carbonyl (C=O) groups is 1. The van der Waals surface area contributed by atoms with Crippen LogP contribution in [0.4, 0.5) is 13.2 Å². The number of nitrogens with one attached hydrogen (secondary N) is 1. The first-order valence-corrected chi connectivity index (χ1v) is 8.11. The number of carbonyl (C=O) groups excluding carboxylic acids is 1. The zero-order valence-corrected chi connectivity index (χ0v) is 14.2. The average molecular weight is 352 g/mol. The number of benzene rings is 1. The Morgan fingerprint density at radius 3 is 2.60 bits per heavy atom. The maximum absolute atomic E-state index is 12.1. The summed E-state index contributed by atoms with van der Waals surface area (Å²) in [5, 5.41) is 10.4. The standard InChI is InChI=1S/C16H20BF3N4O/c1-11(17)2-5-13-10-24(23-22-13)14-6-3-12(4-7-14)15(25)21-9-8-16(18,19)20/h3-4,6-7,10-11H,2,5,8-9,17H2,1H3,(H,21,25). The first kappa shape index (κ1) is 19.0. The number of alkyl halides is 3. The lowest BCUT2D eigenvalue weighted by atomic mass is 9.85. The van der Waals surface area contributed by atoms with Gasteiger partial charge in [-0.1, -0.05) is 24.4 Å². The molecule has 1 heterocycles. The van der Waals surface area contributed by atoms with E-state index in [2.05, 4.69) is 30.4 Å². The third kappa shape index (κ3) is 6.24. The van der Waals surface area contributed by atoms with Crippen LogP contribution in [0.3, 0.4) is 0 Å². The molecule has 25 heavy (non-hydrogen) atoms. The first-order valence-electron chi connectivity index (χ1n) is 8.11. The molecule has 0 bridgehead atoms. The predicted molar refractivity (Wildman–Crippen MR) is 90.7 cm³/mol. The van der Waals surface area contributed by atoms with E-state index in [0.717, 1.165) is 24.2 Å². The van der Waals surface area contributed by atoms with Crippen molar-refractivity contribution < 1.29 is 18.0 Å². The molecule has 1 atom stereocenters. The molecule has 2 rings (SSSR count). The van der Waals surface area contributed by atoms with E-state index in [1.54, 1.807) is 28.9 Å². The van der Waals surface area contributed by atoms with E-state index in [0.29, 0.717) is 11.4 Å². The second kappa shape index (κ2) is 8.18. The van der Waals surface area contributed by atoms with E-state index in [4.69, 9.17) is 0 Å². The number of hydrogen-bond acceptors (Lipinski definition) is 3. The molecule has 0 aliphatic carbocycles. The van der Waals surface area contributed by atoms with Gasteiger partial charge >= 0.3 is 6.18 Å². The monoisotopic (exact) mass is 352 g/mol. The summed E-state index contributed by atoms with van der Waals surface area (Å²) in [5.41, 5.74) is 1.92. The molecular formula is C16H20BF3N4O. The van der Waals surface area contributed by atoms with Gasteiger partial charge in [0, 0.05) is 12.1 Å². The van der Waals surface area contributed by atoms with Gasteiger partial charge in [0.2, 0.25) is 0 Å². The number of aryl methyl sites for hydroxylation is 1. The summed E-state index contributed by atoms with van der Waals surface area (Å²) in [5.74, 6) is 0.0484. The Morgan fingerprint density at radius 2 is 2.00 bits per heavy atom. The number of nitrogens with zero attached hydrogens (tertiary/aromatic N) is 3. The van der Waals surface area contributed by atoms with Crippen LogP contribution < -0.4 is 5.32 Å². The van der Waals surface area contributed by atoms with E-state index in [1.165, 1.54) is 0 Å². The van der Waals surface area contributed by atoms with Crippen LogP contribution in [-0.2, 0) is 6.42 Å². The Balaban J connectivity index is 1.94. The van der Waals surface area contributed by atoms with Crippen molar-refractivity contribution in [3.8, 4) is 5.69 Å². The van der Waals surface area contributed by atoms with Crippen LogP contribution in [0, 0.1) is 0 Å². The molecule has 1 unspecified atom stereocenters. The zero-order valence-electron chi connectivity index (χ0n) is 14.2. The fraction of sp³-hybridized carbons (Fsp3) is 0.438. The van der Waals surface area contributed by atoms with Crippen molar-refractivity contribution in [3.63, 3.8) is 0 Å². The first-order chi connectivity index (χ1) is 11.7. The van der Waals surface area contributed by atoms with Crippen molar-refractivity contribution in [1.29, 1.82) is 0 Å². The fourth-order valence-corrected chi connectivity index (χ4v) is 2.16. The molecule has 0 radical (unpaired) electrons. The second-order valence-electron chi connectivity index (χ2n) is 6.25. The van der Waals surface area contributed by atoms with Gasteiger partial charge < -0.3 is 5.32 Å². The highest BCUT2D eigenvalue weighted by atomic mass is 19.4. The summed E-state index contributed by atoms with van der Waals surface area (Å²) in [4.78, 5) is 11.8. The Hall–Kier alpha value is -2.32. The molecule has 0 aliphatic rings. The molecule has 1 aromatic heterocycles. The van der Waals surface area contributed by atoms with Gasteiger partial charge in [0.15, 0.2) is 0 Å². The lowest BCUT2D eigenvalue weighted by molar-refractivity contribution is -0.132. The summed E-state index contributed by atoms with van der Waals surface area (Å²) in [6.07, 6.45) is -1.62. The summed E-state index contributed by atoms with van der Waals surface area (Å²) < 4.78 is 37.9. The van der Waals surface area contributed by atoms with E-state index in [9.17, 15) is 18.0 Å². The molecule has 2 aromatic rings. The molecule has 0 spiro atoms. The van der Waals surface area contributed by atoms with Gasteiger partial charge in [-0.15, -0.1) is 5.10 Å². The number of hydrogen-bond donors (Lipinski definition) is 1. The van der Waals surface area contributed by atoms with E-state index in [1.807, 2.05) is 6.20 Å². The van der Waals surface area contributed by atoms with Crippen molar-refractivity contribution in [1.82, 2.24) is 20.3 Å². The number of halogens is 3. The minimum absolute atomic E-state index is 0.297. The Bertz CT molecular complexity index is 698. The second-order valence-corrected chi connectivity index (χ2v) is 6.25. The third-order valence-electron chi connectivity index (χ3n) is 3.61. The summed E-state index contributed by atoms with van der Waals surface area (Å²) >= 11 is 0. The van der Waals surface area contributed by atoms with Crippen molar-refractivity contribution in [3.05, 3.63) is 41.7 Å². The summed E-state index contributed by atoms with van der Waals surface area (Å²) in [6, 6.07) is 6.46. The van der Waals surface area contributed by atoms with Crippen LogP contribution in [0.25, 0.3) is 5.69 Å². The average Bonchev–Trinajstić information content (AvgIpc) is 3.01. The largest absolute Gasteiger partial charge is 0.390 e. The summed E-state index contributed by atoms with van der Waals surface area (Å²) in [7, 11) is 2.14. The fourth-order valence-electron chi connectivity index (χ4n) is 2.16. The predicted octanol–water partition coefficient (Wildman–Crippen LogP) is 2.32. The van der Waals surface area contributed by atoms with Gasteiger partial charge in [-0.25, -0.2) is 4.68 Å². The SMILES string of the molecule is BC(C)CCc1cn(-c2ccc(C(=O)NCCC(F)(F)F)cc2)nn1. The Kier molecular flexibility index (Phi) is 6.22. The topological polar surface area (TPSA) is 59.8 Å². The van der Waals surface area contributed by atoms with Gasteiger partial charge in [0.05, 0.1) is 24.0 Å². The molecule has 1 amide bonds. The van der Waals surface area contributed by atoms with Gasteiger partial charge in [-0.3, -0.25) is 4.79 Å². The van der Waals surface area contributed by atoms with Crippen LogP contribution in [-0.4, -0.2) is 41.5 Å². The lowest BCUT2D eigenvalue weighted by Crippen LogP contribution is -2.27. The Morgan fingerprint density at radius 1 is 1.32 bits per heavy atom. The zero-order chi connectivity index (χ0) is 18.4. The third-order valence-corrected chi connectivity index (χ3v) is 3.61. The Labute approximate surface area is 145 Å². The summed E-state index contributed by atoms with van der Waals surface area (Å²) in [6.45, 7) is 1.70. The molecule has 5 nitrogen and oxygen atoms in total. The highest BCUT2D eigenvalue weighted by molar-refractivity contribution is 6.11. The maximum Gasteiger partial charge on any atom is 0.390 e. The van der Waals surface area contributed by atoms with Crippen LogP contribution >= 0.6 is 0 Å². The van der Waals surface area contributed by atoms with Crippen LogP contribution in [0.15, 0.2) is 30.5 Å². The number of rotatable bonds is 7. The van der Waals surface area contributed by atoms with Crippen LogP contribution in [0.5, 0.6) is 0 Å². The quantitative estimate of drug-likeness (QED) is 0.778. The highest BCUT2D eigenvalue weighted by Crippen LogP contribution is 2.18. The normalized spacial score (nSPS) is 12.8. The van der Waals surface area contributed by atoms with E-state index >= 15 is 0 Å². The maximum atomic E-state index is 12.1. The van der Waals surface area contributed by atoms with Crippen molar-refractivity contribution >= 4 is 13.8 Å². The molecule has 134 valence electrons. The smallest absolute Gasteiger partial charge is 0.352 e. The number of aromatic nitrogens is 3. The molecule has 1 N–H and O–H groups in total. The minimum atomic E-state index is -4.28. The van der Waals surface area contributed by atoms with Gasteiger partial charge in [0.25, 0.3) is 5.91 Å². The molecular weight excluding hydrogens is 332 g/mol. The van der Waals surface area contributed by atoms with Crippen molar-refractivity contribution in [2.75, 3.05) is 6.54 Å². The van der Waals surface area contributed by atoms with Gasteiger partial charge in [0.1, 0.15) is 7.85 Å². The van der Waals surface area contributed by atoms with Crippen molar-refractivity contribution in [2.24, 2.45) is 0 Å². The number of amides is 1. The van der Waals surface area contributed by atoms with Gasteiger partial charge in [-0.2, -0.15) is 13.2 Å². The molecule has 0 saturated heterocycles. The van der Waals surface area contributed by atoms with E-state index in [-0.39, 0.29) is 0 Å². The van der Waals surface area contributed by atoms with Crippen molar-refractivity contribution in [2.45, 2.75) is 38.2 Å². The molecule has 1 aromatic carbocycles. The minimum Gasteiger partial charge on any atom is -0.352 e. The molecule has 0 fully saturated rings. The van der Waals surface area contributed by atoms with Crippen LogP contribution in [0.1, 0.15) is 35.8 Å². The van der Waals surface area contributed by atoms with E-state index < -0.39 is 25.0 Å².